The van der Waals surface area contributed by atoms with Crippen molar-refractivity contribution < 1.29 is 4.79 Å². The number of rotatable bonds is 4. The van der Waals surface area contributed by atoms with Gasteiger partial charge in [-0.05, 0) is 23.8 Å². The van der Waals surface area contributed by atoms with Crippen molar-refractivity contribution in [2.24, 2.45) is 5.92 Å². The molecule has 1 aromatic rings. The molecule has 2 heterocycles. The molecule has 0 saturated heterocycles. The predicted molar refractivity (Wildman–Crippen MR) is 96.7 cm³/mol. The maximum absolute atomic E-state index is 12.3. The largest absolute Gasteiger partial charge is 0.384 e. The van der Waals surface area contributed by atoms with Crippen LogP contribution >= 0.6 is 0 Å². The fourth-order valence-electron chi connectivity index (χ4n) is 2.98. The highest BCUT2D eigenvalue weighted by molar-refractivity contribution is 5.91. The van der Waals surface area contributed by atoms with Crippen molar-refractivity contribution in [2.45, 2.75) is 6.04 Å². The van der Waals surface area contributed by atoms with Crippen LogP contribution in [-0.4, -0.2) is 47.4 Å². The molecule has 2 unspecified atom stereocenters. The van der Waals surface area contributed by atoms with Crippen molar-refractivity contribution in [2.75, 3.05) is 26.4 Å². The van der Waals surface area contributed by atoms with E-state index < -0.39 is 0 Å². The van der Waals surface area contributed by atoms with E-state index >= 15 is 0 Å². The number of nitrogens with two attached hydrogens (primary N) is 1. The van der Waals surface area contributed by atoms with E-state index in [2.05, 4.69) is 47.3 Å². The van der Waals surface area contributed by atoms with Gasteiger partial charge in [-0.1, -0.05) is 30.4 Å². The SMILES string of the molecule is CN(CC1=CC2C=CC=CC2N1C)C(=O)/C=C/c1ccc(N)nc1. The van der Waals surface area contributed by atoms with E-state index in [-0.39, 0.29) is 5.91 Å². The number of anilines is 1. The minimum atomic E-state index is -0.0397. The third-order valence-electron chi connectivity index (χ3n) is 4.44. The topological polar surface area (TPSA) is 62.5 Å². The summed E-state index contributed by atoms with van der Waals surface area (Å²) in [5, 5.41) is 0. The van der Waals surface area contributed by atoms with Crippen molar-refractivity contribution in [1.82, 2.24) is 14.8 Å². The van der Waals surface area contributed by atoms with Crippen LogP contribution in [0.5, 0.6) is 0 Å². The fourth-order valence-corrected chi connectivity index (χ4v) is 2.98. The van der Waals surface area contributed by atoms with E-state index in [1.807, 2.05) is 13.1 Å². The zero-order valence-electron chi connectivity index (χ0n) is 14.0. The van der Waals surface area contributed by atoms with E-state index in [0.29, 0.717) is 24.3 Å². The number of hydrogen-bond donors (Lipinski definition) is 1. The number of hydrogen-bond acceptors (Lipinski definition) is 4. The van der Waals surface area contributed by atoms with Gasteiger partial charge in [0.1, 0.15) is 5.82 Å². The van der Waals surface area contributed by atoms with Gasteiger partial charge in [-0.3, -0.25) is 4.79 Å². The summed E-state index contributed by atoms with van der Waals surface area (Å²) >= 11 is 0. The first-order valence-corrected chi connectivity index (χ1v) is 7.98. The number of nitrogen functional groups attached to an aromatic ring is 1. The van der Waals surface area contributed by atoms with Gasteiger partial charge in [0.2, 0.25) is 5.91 Å². The third kappa shape index (κ3) is 3.40. The number of allylic oxidation sites excluding steroid dienone is 2. The number of aromatic nitrogens is 1. The first kappa shape index (κ1) is 16.1. The summed E-state index contributed by atoms with van der Waals surface area (Å²) in [6.07, 6.45) is 15.8. The lowest BCUT2D eigenvalue weighted by Gasteiger charge is -2.28. The summed E-state index contributed by atoms with van der Waals surface area (Å²) in [4.78, 5) is 20.3. The molecule has 1 aliphatic carbocycles. The average molecular weight is 322 g/mol. The quantitative estimate of drug-likeness (QED) is 0.862. The van der Waals surface area contributed by atoms with Gasteiger partial charge in [-0.25, -0.2) is 4.98 Å². The highest BCUT2D eigenvalue weighted by atomic mass is 16.2. The molecule has 1 amide bonds. The lowest BCUT2D eigenvalue weighted by atomic mass is 9.97. The van der Waals surface area contributed by atoms with Gasteiger partial charge in [-0.15, -0.1) is 0 Å². The van der Waals surface area contributed by atoms with Gasteiger partial charge in [-0.2, -0.15) is 0 Å². The van der Waals surface area contributed by atoms with Crippen LogP contribution in [0.25, 0.3) is 6.08 Å². The maximum atomic E-state index is 12.3. The number of amides is 1. The lowest BCUT2D eigenvalue weighted by molar-refractivity contribution is -0.124. The van der Waals surface area contributed by atoms with E-state index in [4.69, 9.17) is 5.73 Å². The number of fused-ring (bicyclic) bond motifs is 1. The van der Waals surface area contributed by atoms with Crippen LogP contribution in [0, 0.1) is 5.92 Å². The summed E-state index contributed by atoms with van der Waals surface area (Å²) in [5.74, 6) is 0.827. The molecule has 0 saturated carbocycles. The Bertz CT molecular complexity index is 730. The van der Waals surface area contributed by atoms with E-state index in [9.17, 15) is 4.79 Å². The monoisotopic (exact) mass is 322 g/mol. The average Bonchev–Trinajstić information content (AvgIpc) is 2.90. The number of likely N-dealkylation sites (N-methyl/N-ethyl adjacent to an activating group) is 2. The molecule has 0 fully saturated rings. The molecule has 0 radical (unpaired) electrons. The van der Waals surface area contributed by atoms with Crippen LogP contribution in [0.1, 0.15) is 5.56 Å². The van der Waals surface area contributed by atoms with Crippen molar-refractivity contribution >= 4 is 17.8 Å². The molecule has 3 rings (SSSR count). The Morgan fingerprint density at radius 1 is 1.38 bits per heavy atom. The fraction of sp³-hybridized carbons (Fsp3) is 0.263. The van der Waals surface area contributed by atoms with Crippen molar-refractivity contribution in [3.63, 3.8) is 0 Å². The summed E-state index contributed by atoms with van der Waals surface area (Å²) in [5.41, 5.74) is 7.57. The molecule has 2 atom stereocenters. The van der Waals surface area contributed by atoms with Crippen LogP contribution < -0.4 is 5.73 Å². The van der Waals surface area contributed by atoms with Crippen LogP contribution in [0.15, 0.2) is 60.5 Å². The Morgan fingerprint density at radius 2 is 2.17 bits per heavy atom. The number of pyridine rings is 1. The lowest BCUT2D eigenvalue weighted by Crippen LogP contribution is -2.34. The number of carbonyl (C=O) groups excluding carboxylic acids is 1. The van der Waals surface area contributed by atoms with Gasteiger partial charge in [0, 0.05) is 38.0 Å². The van der Waals surface area contributed by atoms with Gasteiger partial charge >= 0.3 is 0 Å². The summed E-state index contributed by atoms with van der Waals surface area (Å²) in [6.45, 7) is 0.592. The molecule has 2 aliphatic rings. The third-order valence-corrected chi connectivity index (χ3v) is 4.44. The van der Waals surface area contributed by atoms with Crippen LogP contribution in [0.4, 0.5) is 5.82 Å². The summed E-state index contributed by atoms with van der Waals surface area (Å²) < 4.78 is 0. The van der Waals surface area contributed by atoms with E-state index in [1.165, 1.54) is 5.70 Å². The second-order valence-corrected chi connectivity index (χ2v) is 6.15. The highest BCUT2D eigenvalue weighted by Crippen LogP contribution is 2.30. The molecule has 5 heteroatoms. The molecule has 2 N–H and O–H groups in total. The molecule has 0 aromatic carbocycles. The highest BCUT2D eigenvalue weighted by Gasteiger charge is 2.30. The Morgan fingerprint density at radius 3 is 2.88 bits per heavy atom. The summed E-state index contributed by atoms with van der Waals surface area (Å²) in [7, 11) is 3.89. The molecule has 124 valence electrons. The first-order chi connectivity index (χ1) is 11.5. The second kappa shape index (κ2) is 6.74. The van der Waals surface area contributed by atoms with Crippen LogP contribution in [0.3, 0.4) is 0 Å². The predicted octanol–water partition coefficient (Wildman–Crippen LogP) is 2.08. The molecular formula is C19H22N4O. The van der Waals surface area contributed by atoms with Crippen LogP contribution in [0.2, 0.25) is 0 Å². The van der Waals surface area contributed by atoms with Gasteiger partial charge < -0.3 is 15.5 Å². The van der Waals surface area contributed by atoms with Crippen molar-refractivity contribution in [3.05, 3.63) is 66.0 Å². The normalized spacial score (nSPS) is 21.9. The van der Waals surface area contributed by atoms with Crippen molar-refractivity contribution in [1.29, 1.82) is 0 Å². The molecule has 5 nitrogen and oxygen atoms in total. The van der Waals surface area contributed by atoms with E-state index in [0.717, 1.165) is 5.56 Å². The molecule has 1 aromatic heterocycles. The Labute approximate surface area is 142 Å². The van der Waals surface area contributed by atoms with Gasteiger partial charge in [0.05, 0.1) is 12.6 Å². The zero-order chi connectivity index (χ0) is 17.1. The minimum Gasteiger partial charge on any atom is -0.384 e. The first-order valence-electron chi connectivity index (χ1n) is 7.98. The van der Waals surface area contributed by atoms with Gasteiger partial charge in [0.25, 0.3) is 0 Å². The zero-order valence-corrected chi connectivity index (χ0v) is 14.0. The Balaban J connectivity index is 1.61. The standard InChI is InChI=1S/C19H22N4O/c1-22(19(24)10-8-14-7-9-18(20)21-12-14)13-16-11-15-5-3-4-6-17(15)23(16)2/h3-12,15,17H,13H2,1-2H3,(H2,20,21)/b10-8+. The number of carbonyl (C=O) groups is 1. The summed E-state index contributed by atoms with van der Waals surface area (Å²) in [6, 6.07) is 3.92. The van der Waals surface area contributed by atoms with Crippen molar-refractivity contribution in [3.8, 4) is 0 Å². The molecule has 0 spiro atoms. The molecular weight excluding hydrogens is 300 g/mol. The van der Waals surface area contributed by atoms with Gasteiger partial charge in [0.15, 0.2) is 0 Å². The second-order valence-electron chi connectivity index (χ2n) is 6.15. The smallest absolute Gasteiger partial charge is 0.246 e. The Kier molecular flexibility index (Phi) is 4.51. The number of nitrogens with zero attached hydrogens (tertiary/aromatic N) is 3. The van der Waals surface area contributed by atoms with E-state index in [1.54, 1.807) is 29.3 Å². The molecule has 1 aliphatic heterocycles. The minimum absolute atomic E-state index is 0.0397. The van der Waals surface area contributed by atoms with Crippen LogP contribution in [-0.2, 0) is 4.79 Å². The maximum Gasteiger partial charge on any atom is 0.246 e. The molecule has 0 bridgehead atoms. The molecule has 24 heavy (non-hydrogen) atoms. The Hall–Kier alpha value is -2.82.